The first-order chi connectivity index (χ1) is 14.8. The van der Waals surface area contributed by atoms with Gasteiger partial charge in [0.15, 0.2) is 0 Å². The van der Waals surface area contributed by atoms with E-state index in [1.807, 2.05) is 61.5 Å². The minimum atomic E-state index is -3.87. The maximum Gasteiger partial charge on any atom is 0.243 e. The molecule has 0 aliphatic carbocycles. The minimum Gasteiger partial charge on any atom is -0.348 e. The van der Waals surface area contributed by atoms with E-state index in [-0.39, 0.29) is 29.9 Å². The first-order valence-electron chi connectivity index (χ1n) is 9.60. The molecule has 0 fully saturated rings. The third-order valence-corrected chi connectivity index (χ3v) is 7.58. The molecule has 0 radical (unpaired) electrons. The third-order valence-electron chi connectivity index (χ3n) is 4.72. The predicted molar refractivity (Wildman–Crippen MR) is 129 cm³/mol. The van der Waals surface area contributed by atoms with Crippen LogP contribution >= 0.6 is 31.9 Å². The van der Waals surface area contributed by atoms with Gasteiger partial charge in [-0.2, -0.15) is 4.31 Å². The average molecular weight is 566 g/mol. The van der Waals surface area contributed by atoms with Crippen LogP contribution in [0.4, 0.5) is 0 Å². The lowest BCUT2D eigenvalue weighted by molar-refractivity contribution is -0.122. The molecule has 0 aliphatic heterocycles. The van der Waals surface area contributed by atoms with Gasteiger partial charge in [0.1, 0.15) is 0 Å². The topological polar surface area (TPSA) is 66.5 Å². The number of hydrogen-bond acceptors (Lipinski definition) is 3. The highest BCUT2D eigenvalue weighted by molar-refractivity contribution is 9.10. The van der Waals surface area contributed by atoms with Gasteiger partial charge in [-0.15, -0.1) is 0 Å². The Morgan fingerprint density at radius 2 is 1.45 bits per heavy atom. The Hall–Kier alpha value is -2.00. The van der Waals surface area contributed by atoms with Crippen LogP contribution in [0.1, 0.15) is 24.1 Å². The van der Waals surface area contributed by atoms with E-state index in [2.05, 4.69) is 37.2 Å². The van der Waals surface area contributed by atoms with Gasteiger partial charge in [0, 0.05) is 15.5 Å². The van der Waals surface area contributed by atoms with Gasteiger partial charge in [-0.3, -0.25) is 4.79 Å². The lowest BCUT2D eigenvalue weighted by atomic mass is 10.1. The van der Waals surface area contributed by atoms with Crippen LogP contribution in [-0.4, -0.2) is 25.2 Å². The summed E-state index contributed by atoms with van der Waals surface area (Å²) in [5, 5.41) is 2.90. The van der Waals surface area contributed by atoms with Gasteiger partial charge in [0.05, 0.1) is 17.5 Å². The van der Waals surface area contributed by atoms with Gasteiger partial charge < -0.3 is 5.32 Å². The van der Waals surface area contributed by atoms with Crippen molar-refractivity contribution in [2.75, 3.05) is 6.54 Å². The Bertz CT molecular complexity index is 1120. The Morgan fingerprint density at radius 3 is 2.03 bits per heavy atom. The molecular weight excluding hydrogens is 544 g/mol. The highest BCUT2D eigenvalue weighted by Crippen LogP contribution is 2.21. The van der Waals surface area contributed by atoms with Gasteiger partial charge in [-0.05, 0) is 54.4 Å². The second-order valence-electron chi connectivity index (χ2n) is 7.05. The zero-order valence-corrected chi connectivity index (χ0v) is 20.8. The van der Waals surface area contributed by atoms with Crippen molar-refractivity contribution < 1.29 is 13.2 Å². The van der Waals surface area contributed by atoms with Crippen LogP contribution in [0.2, 0.25) is 0 Å². The molecule has 1 N–H and O–H groups in total. The van der Waals surface area contributed by atoms with Crippen LogP contribution in [0.3, 0.4) is 0 Å². The summed E-state index contributed by atoms with van der Waals surface area (Å²) in [6, 6.07) is 23.0. The van der Waals surface area contributed by atoms with E-state index in [1.165, 1.54) is 16.4 Å². The first kappa shape index (κ1) is 23.7. The van der Waals surface area contributed by atoms with Crippen molar-refractivity contribution in [2.45, 2.75) is 24.4 Å². The van der Waals surface area contributed by atoms with Crippen molar-refractivity contribution in [1.82, 2.24) is 9.62 Å². The molecule has 162 valence electrons. The normalized spacial score (nSPS) is 12.5. The van der Waals surface area contributed by atoms with Crippen molar-refractivity contribution in [1.29, 1.82) is 0 Å². The SMILES string of the molecule is C[C@@H](NC(=O)CN(Cc1ccccc1)S(=O)(=O)c1ccc(Br)cc1)c1ccc(Br)cc1. The maximum atomic E-state index is 13.3. The molecule has 5 nitrogen and oxygen atoms in total. The van der Waals surface area contributed by atoms with E-state index in [0.717, 1.165) is 20.1 Å². The molecule has 0 spiro atoms. The fourth-order valence-corrected chi connectivity index (χ4v) is 4.96. The molecule has 0 heterocycles. The molecule has 8 heteroatoms. The lowest BCUT2D eigenvalue weighted by Crippen LogP contribution is -2.41. The molecule has 0 saturated heterocycles. The van der Waals surface area contributed by atoms with Crippen LogP contribution in [-0.2, 0) is 21.4 Å². The minimum absolute atomic E-state index is 0.0965. The fraction of sp³-hybridized carbons (Fsp3) is 0.174. The van der Waals surface area contributed by atoms with Gasteiger partial charge in [-0.1, -0.05) is 74.3 Å². The molecule has 3 rings (SSSR count). The van der Waals surface area contributed by atoms with Gasteiger partial charge in [0.2, 0.25) is 15.9 Å². The van der Waals surface area contributed by atoms with Crippen molar-refractivity contribution in [2.24, 2.45) is 0 Å². The molecule has 0 aromatic heterocycles. The highest BCUT2D eigenvalue weighted by Gasteiger charge is 2.27. The van der Waals surface area contributed by atoms with Crippen LogP contribution in [0, 0.1) is 0 Å². The smallest absolute Gasteiger partial charge is 0.243 e. The van der Waals surface area contributed by atoms with E-state index in [1.54, 1.807) is 12.1 Å². The Labute approximate surface area is 199 Å². The van der Waals surface area contributed by atoms with Crippen molar-refractivity contribution in [3.8, 4) is 0 Å². The van der Waals surface area contributed by atoms with E-state index in [0.29, 0.717) is 0 Å². The van der Waals surface area contributed by atoms with Crippen molar-refractivity contribution in [3.63, 3.8) is 0 Å². The van der Waals surface area contributed by atoms with E-state index >= 15 is 0 Å². The number of halogens is 2. The zero-order chi connectivity index (χ0) is 22.4. The Kier molecular flexibility index (Phi) is 8.05. The summed E-state index contributed by atoms with van der Waals surface area (Å²) in [6.45, 7) is 1.68. The van der Waals surface area contributed by atoms with Crippen LogP contribution in [0.15, 0.2) is 92.7 Å². The number of nitrogens with zero attached hydrogens (tertiary/aromatic N) is 1. The Balaban J connectivity index is 1.81. The van der Waals surface area contributed by atoms with Gasteiger partial charge in [0.25, 0.3) is 0 Å². The van der Waals surface area contributed by atoms with E-state index in [4.69, 9.17) is 0 Å². The largest absolute Gasteiger partial charge is 0.348 e. The predicted octanol–water partition coefficient (Wildman–Crippen LogP) is 5.28. The number of nitrogens with one attached hydrogen (secondary N) is 1. The van der Waals surface area contributed by atoms with Gasteiger partial charge >= 0.3 is 0 Å². The summed E-state index contributed by atoms with van der Waals surface area (Å²) in [5.74, 6) is -0.368. The summed E-state index contributed by atoms with van der Waals surface area (Å²) in [6.07, 6.45) is 0. The number of carbonyl (C=O) groups excluding carboxylic acids is 1. The number of sulfonamides is 1. The molecule has 1 atom stereocenters. The van der Waals surface area contributed by atoms with Crippen LogP contribution in [0.25, 0.3) is 0 Å². The quantitative estimate of drug-likeness (QED) is 0.404. The van der Waals surface area contributed by atoms with Gasteiger partial charge in [-0.25, -0.2) is 8.42 Å². The lowest BCUT2D eigenvalue weighted by Gasteiger charge is -2.23. The molecular formula is C23H22Br2N2O3S. The summed E-state index contributed by atoms with van der Waals surface area (Å²) in [7, 11) is -3.87. The summed E-state index contributed by atoms with van der Waals surface area (Å²) < 4.78 is 29.5. The molecule has 0 aliphatic rings. The average Bonchev–Trinajstić information content (AvgIpc) is 2.74. The summed E-state index contributed by atoms with van der Waals surface area (Å²) in [5.41, 5.74) is 1.74. The zero-order valence-electron chi connectivity index (χ0n) is 16.8. The van der Waals surface area contributed by atoms with E-state index < -0.39 is 10.0 Å². The second kappa shape index (κ2) is 10.5. The standard InChI is InChI=1S/C23H22Br2N2O3S/c1-17(19-7-9-20(24)10-8-19)26-23(28)16-27(15-18-5-3-2-4-6-18)31(29,30)22-13-11-21(25)12-14-22/h2-14,17H,15-16H2,1H3,(H,26,28)/t17-/m1/s1. The van der Waals surface area contributed by atoms with Crippen molar-refractivity contribution in [3.05, 3.63) is 98.9 Å². The molecule has 0 unspecified atom stereocenters. The third kappa shape index (κ3) is 6.49. The summed E-state index contributed by atoms with van der Waals surface area (Å²) in [4.78, 5) is 12.9. The second-order valence-corrected chi connectivity index (χ2v) is 10.8. The Morgan fingerprint density at radius 1 is 0.903 bits per heavy atom. The number of benzene rings is 3. The monoisotopic (exact) mass is 564 g/mol. The molecule has 0 saturated carbocycles. The molecule has 0 bridgehead atoms. The molecule has 31 heavy (non-hydrogen) atoms. The number of hydrogen-bond donors (Lipinski definition) is 1. The fourth-order valence-electron chi connectivity index (χ4n) is 3.05. The number of rotatable bonds is 8. The maximum absolute atomic E-state index is 13.3. The number of amides is 1. The van der Waals surface area contributed by atoms with Crippen molar-refractivity contribution >= 4 is 47.8 Å². The van der Waals surface area contributed by atoms with Crippen LogP contribution in [0.5, 0.6) is 0 Å². The van der Waals surface area contributed by atoms with Crippen LogP contribution < -0.4 is 5.32 Å². The highest BCUT2D eigenvalue weighted by atomic mass is 79.9. The van der Waals surface area contributed by atoms with E-state index in [9.17, 15) is 13.2 Å². The first-order valence-corrected chi connectivity index (χ1v) is 12.6. The molecule has 3 aromatic carbocycles. The summed E-state index contributed by atoms with van der Waals surface area (Å²) >= 11 is 6.72. The molecule has 1 amide bonds. The molecule has 3 aromatic rings. The number of carbonyl (C=O) groups is 1.